The van der Waals surface area contributed by atoms with Crippen molar-refractivity contribution in [3.05, 3.63) is 43.2 Å². The number of nitrogens with zero attached hydrogens (tertiary/aromatic N) is 3. The van der Waals surface area contributed by atoms with Gasteiger partial charge < -0.3 is 4.57 Å². The number of rotatable bonds is 5. The number of fused-ring (bicyclic) bond motifs is 1. The van der Waals surface area contributed by atoms with Crippen molar-refractivity contribution in [3.8, 4) is 0 Å². The highest BCUT2D eigenvalue weighted by atomic mass is 32.2. The van der Waals surface area contributed by atoms with E-state index in [0.29, 0.717) is 22.9 Å². The number of imidazole rings is 1. The maximum Gasteiger partial charge on any atom is 0.329 e. The first-order valence-corrected chi connectivity index (χ1v) is 8.68. The number of carbonyl (C=O) groups is 1. The van der Waals surface area contributed by atoms with Crippen molar-refractivity contribution < 1.29 is 4.79 Å². The zero-order valence-electron chi connectivity index (χ0n) is 12.5. The molecule has 0 aliphatic heterocycles. The molecule has 7 nitrogen and oxygen atoms in total. The van der Waals surface area contributed by atoms with Crippen LogP contribution in [0.1, 0.15) is 11.8 Å². The Morgan fingerprint density at radius 1 is 1.43 bits per heavy atom. The van der Waals surface area contributed by atoms with Gasteiger partial charge in [0, 0.05) is 11.9 Å². The van der Waals surface area contributed by atoms with E-state index in [0.717, 1.165) is 4.88 Å². The van der Waals surface area contributed by atoms with Crippen LogP contribution in [0, 0.1) is 0 Å². The first-order valence-electron chi connectivity index (χ1n) is 6.81. The molecule has 0 saturated carbocycles. The van der Waals surface area contributed by atoms with E-state index in [9.17, 15) is 14.4 Å². The predicted molar refractivity (Wildman–Crippen MR) is 90.4 cm³/mol. The number of thiophene rings is 1. The van der Waals surface area contributed by atoms with Gasteiger partial charge in [-0.3, -0.25) is 19.1 Å². The Balaban J connectivity index is 2.21. The monoisotopic (exact) mass is 350 g/mol. The number of H-pyrrole nitrogens is 1. The molecule has 3 aromatic rings. The number of carbonyl (C=O) groups excluding carboxylic acids is 1. The Bertz CT molecular complexity index is 982. The van der Waals surface area contributed by atoms with Crippen molar-refractivity contribution in [1.82, 2.24) is 19.1 Å². The molecule has 3 aromatic heterocycles. The van der Waals surface area contributed by atoms with E-state index in [1.165, 1.54) is 23.3 Å². The van der Waals surface area contributed by atoms with Gasteiger partial charge in [0.05, 0.1) is 12.3 Å². The molecule has 0 radical (unpaired) electrons. The average Bonchev–Trinajstić information content (AvgIpc) is 3.11. The topological polar surface area (TPSA) is 89.8 Å². The molecular weight excluding hydrogens is 336 g/mol. The van der Waals surface area contributed by atoms with Crippen LogP contribution in [0.15, 0.2) is 32.3 Å². The number of aromatic amines is 1. The first kappa shape index (κ1) is 15.8. The van der Waals surface area contributed by atoms with E-state index in [-0.39, 0.29) is 11.5 Å². The second-order valence-corrected chi connectivity index (χ2v) is 7.02. The van der Waals surface area contributed by atoms with E-state index in [1.807, 2.05) is 17.5 Å². The summed E-state index contributed by atoms with van der Waals surface area (Å²) in [5, 5.41) is 2.51. The summed E-state index contributed by atoms with van der Waals surface area (Å²) in [5.74, 6) is 0.284. The highest BCUT2D eigenvalue weighted by molar-refractivity contribution is 7.99. The number of hydrogen-bond acceptors (Lipinski definition) is 6. The second-order valence-electron chi connectivity index (χ2n) is 5.04. The lowest BCUT2D eigenvalue weighted by Crippen LogP contribution is -2.29. The normalized spacial score (nSPS) is 11.2. The zero-order valence-corrected chi connectivity index (χ0v) is 14.2. The summed E-state index contributed by atoms with van der Waals surface area (Å²) in [6.07, 6.45) is 0. The first-order chi connectivity index (χ1) is 11.0. The third kappa shape index (κ3) is 3.02. The number of ketones is 1. The summed E-state index contributed by atoms with van der Waals surface area (Å²) in [6.45, 7) is 1.97. The lowest BCUT2D eigenvalue weighted by atomic mass is 10.4. The highest BCUT2D eigenvalue weighted by Crippen LogP contribution is 2.23. The molecule has 0 spiro atoms. The summed E-state index contributed by atoms with van der Waals surface area (Å²) < 4.78 is 3.06. The van der Waals surface area contributed by atoms with Gasteiger partial charge in [-0.1, -0.05) is 17.8 Å². The summed E-state index contributed by atoms with van der Waals surface area (Å²) >= 11 is 2.84. The van der Waals surface area contributed by atoms with Crippen LogP contribution >= 0.6 is 23.1 Å². The molecule has 0 fully saturated rings. The molecule has 0 atom stereocenters. The molecule has 0 aliphatic carbocycles. The van der Waals surface area contributed by atoms with E-state index in [1.54, 1.807) is 23.0 Å². The largest absolute Gasteiger partial charge is 0.329 e. The van der Waals surface area contributed by atoms with Crippen molar-refractivity contribution in [1.29, 1.82) is 0 Å². The Morgan fingerprint density at radius 2 is 2.22 bits per heavy atom. The van der Waals surface area contributed by atoms with Gasteiger partial charge in [-0.25, -0.2) is 9.78 Å². The lowest BCUT2D eigenvalue weighted by Gasteiger charge is -2.06. The van der Waals surface area contributed by atoms with Crippen LogP contribution in [0.25, 0.3) is 11.2 Å². The van der Waals surface area contributed by atoms with Crippen LogP contribution in [0.3, 0.4) is 0 Å². The third-order valence-electron chi connectivity index (χ3n) is 3.27. The molecule has 3 heterocycles. The summed E-state index contributed by atoms with van der Waals surface area (Å²) in [6, 6.07) is 3.90. The van der Waals surface area contributed by atoms with Gasteiger partial charge in [-0.2, -0.15) is 0 Å². The number of aromatic nitrogens is 4. The highest BCUT2D eigenvalue weighted by Gasteiger charge is 2.18. The van der Waals surface area contributed by atoms with Gasteiger partial charge in [0.2, 0.25) is 0 Å². The number of aryl methyl sites for hydroxylation is 1. The van der Waals surface area contributed by atoms with Gasteiger partial charge in [-0.15, -0.1) is 11.3 Å². The van der Waals surface area contributed by atoms with E-state index < -0.39 is 11.2 Å². The Labute approximate surface area is 139 Å². The zero-order chi connectivity index (χ0) is 16.6. The van der Waals surface area contributed by atoms with E-state index in [2.05, 4.69) is 9.97 Å². The standard InChI is InChI=1S/C14H14N4O3S2/c1-8(19)7-23-14-15-11-10(12(20)16-13(21)17(11)2)18(14)6-9-4-3-5-22-9/h3-5H,6-7H2,1-2H3,(H,16,20,21). The van der Waals surface area contributed by atoms with Crippen molar-refractivity contribution in [3.63, 3.8) is 0 Å². The van der Waals surface area contributed by atoms with Gasteiger partial charge in [0.25, 0.3) is 5.56 Å². The molecule has 0 aromatic carbocycles. The minimum absolute atomic E-state index is 0.0209. The Morgan fingerprint density at radius 3 is 2.87 bits per heavy atom. The van der Waals surface area contributed by atoms with Crippen LogP contribution in [0.4, 0.5) is 0 Å². The lowest BCUT2D eigenvalue weighted by molar-refractivity contribution is -0.114. The predicted octanol–water partition coefficient (Wildman–Crippen LogP) is 1.21. The molecule has 3 rings (SSSR count). The fourth-order valence-electron chi connectivity index (χ4n) is 2.20. The number of nitrogens with one attached hydrogen (secondary N) is 1. The van der Waals surface area contributed by atoms with Crippen LogP contribution in [0.2, 0.25) is 0 Å². The van der Waals surface area contributed by atoms with Gasteiger partial charge in [0.1, 0.15) is 5.78 Å². The van der Waals surface area contributed by atoms with Crippen molar-refractivity contribution in [2.75, 3.05) is 5.75 Å². The quantitative estimate of drug-likeness (QED) is 0.699. The van der Waals surface area contributed by atoms with Crippen LogP contribution in [-0.4, -0.2) is 30.6 Å². The molecule has 0 saturated heterocycles. The molecule has 0 amide bonds. The molecule has 0 unspecified atom stereocenters. The Hall–Kier alpha value is -2.13. The average molecular weight is 350 g/mol. The fourth-order valence-corrected chi connectivity index (χ4v) is 3.68. The minimum atomic E-state index is -0.508. The van der Waals surface area contributed by atoms with Crippen LogP contribution < -0.4 is 11.2 Å². The third-order valence-corrected chi connectivity index (χ3v) is 5.25. The van der Waals surface area contributed by atoms with Crippen molar-refractivity contribution >= 4 is 40.0 Å². The van der Waals surface area contributed by atoms with E-state index in [4.69, 9.17) is 0 Å². The maximum atomic E-state index is 12.3. The maximum absolute atomic E-state index is 12.3. The Kier molecular flexibility index (Phi) is 4.22. The van der Waals surface area contributed by atoms with Crippen molar-refractivity contribution in [2.45, 2.75) is 18.6 Å². The summed E-state index contributed by atoms with van der Waals surface area (Å²) in [7, 11) is 1.56. The summed E-state index contributed by atoms with van der Waals surface area (Å²) in [4.78, 5) is 43.0. The molecule has 0 bridgehead atoms. The smallest absolute Gasteiger partial charge is 0.308 e. The fraction of sp³-hybridized carbons (Fsp3) is 0.286. The van der Waals surface area contributed by atoms with Crippen LogP contribution in [-0.2, 0) is 18.4 Å². The second kappa shape index (κ2) is 6.17. The molecule has 120 valence electrons. The van der Waals surface area contributed by atoms with Gasteiger partial charge in [0.15, 0.2) is 16.3 Å². The number of thioether (sulfide) groups is 1. The summed E-state index contributed by atoms with van der Waals surface area (Å²) in [5.41, 5.74) is -0.318. The van der Waals surface area contributed by atoms with Gasteiger partial charge in [-0.05, 0) is 18.4 Å². The molecule has 9 heteroatoms. The molecule has 1 N–H and O–H groups in total. The molecule has 23 heavy (non-hydrogen) atoms. The minimum Gasteiger partial charge on any atom is -0.308 e. The van der Waals surface area contributed by atoms with Gasteiger partial charge >= 0.3 is 5.69 Å². The van der Waals surface area contributed by atoms with E-state index >= 15 is 0 Å². The molecule has 0 aliphatic rings. The number of Topliss-reactive ketones (excluding diaryl/α,β-unsaturated/α-hetero) is 1. The van der Waals surface area contributed by atoms with Crippen LogP contribution in [0.5, 0.6) is 0 Å². The van der Waals surface area contributed by atoms with Crippen molar-refractivity contribution in [2.24, 2.45) is 7.05 Å². The SMILES string of the molecule is CC(=O)CSc1nc2c(c(=O)[nH]c(=O)n2C)n1Cc1cccs1. The molecular formula is C14H14N4O3S2. The number of hydrogen-bond donors (Lipinski definition) is 1.